The van der Waals surface area contributed by atoms with Crippen LogP contribution in [0, 0.1) is 5.82 Å². The van der Waals surface area contributed by atoms with Crippen molar-refractivity contribution in [2.24, 2.45) is 0 Å². The summed E-state index contributed by atoms with van der Waals surface area (Å²) in [6.07, 6.45) is 4.43. The lowest BCUT2D eigenvalue weighted by Crippen LogP contribution is -2.36. The molecule has 1 aliphatic heterocycles. The molecule has 0 atom stereocenters. The van der Waals surface area contributed by atoms with E-state index >= 15 is 0 Å². The van der Waals surface area contributed by atoms with Gasteiger partial charge in [-0.3, -0.25) is 9.71 Å². The van der Waals surface area contributed by atoms with Gasteiger partial charge in [-0.25, -0.2) is 20.9 Å². The van der Waals surface area contributed by atoms with E-state index in [1.54, 1.807) is 18.3 Å². The van der Waals surface area contributed by atoms with E-state index < -0.39 is 15.8 Å². The molecule has 1 saturated heterocycles. The highest BCUT2D eigenvalue weighted by molar-refractivity contribution is 14.1. The summed E-state index contributed by atoms with van der Waals surface area (Å²) >= 11 is 2.13. The number of anilines is 2. The fourth-order valence-electron chi connectivity index (χ4n) is 3.76. The fourth-order valence-corrected chi connectivity index (χ4v) is 5.33. The molecule has 0 unspecified atom stereocenters. The molecule has 0 saturated carbocycles. The van der Waals surface area contributed by atoms with Crippen molar-refractivity contribution in [3.8, 4) is 17.0 Å². The second kappa shape index (κ2) is 11.0. The van der Waals surface area contributed by atoms with Crippen LogP contribution >= 0.6 is 22.9 Å². The van der Waals surface area contributed by atoms with E-state index in [1.165, 1.54) is 31.6 Å². The second-order valence-corrected chi connectivity index (χ2v) is 11.2. The second-order valence-electron chi connectivity index (χ2n) is 7.95. The van der Waals surface area contributed by atoms with Gasteiger partial charge in [-0.15, -0.1) is 0 Å². The van der Waals surface area contributed by atoms with Crippen LogP contribution < -0.4 is 14.4 Å². The Morgan fingerprint density at radius 1 is 1.20 bits per heavy atom. The van der Waals surface area contributed by atoms with Crippen molar-refractivity contribution in [1.82, 2.24) is 13.1 Å². The summed E-state index contributed by atoms with van der Waals surface area (Å²) in [4.78, 5) is 10.2. The average Bonchev–Trinajstić information content (AvgIpc) is 2.84. The number of pyridine rings is 2. The van der Waals surface area contributed by atoms with Gasteiger partial charge in [-0.2, -0.15) is 0 Å². The summed E-state index contributed by atoms with van der Waals surface area (Å²) in [6.45, 7) is 2.96. The lowest BCUT2D eigenvalue weighted by molar-refractivity contribution is 0.122. The third-order valence-electron chi connectivity index (χ3n) is 5.40. The number of sulfonamides is 1. The third kappa shape index (κ3) is 6.18. The number of hydrogen-bond acceptors (Lipinski definition) is 8. The Morgan fingerprint density at radius 3 is 2.66 bits per heavy atom. The minimum absolute atomic E-state index is 0.0273. The maximum atomic E-state index is 14.8. The SMILES string of the molecule is COc1ncc(N2CCOCC2)cc1S(=O)(=O)Nc1cncc(-c2ccc(CN(C)I)cc2F)c1. The van der Waals surface area contributed by atoms with Crippen LogP contribution in [0.15, 0.2) is 53.8 Å². The van der Waals surface area contributed by atoms with Gasteiger partial charge in [-0.05, 0) is 30.8 Å². The summed E-state index contributed by atoms with van der Waals surface area (Å²) in [5, 5.41) is 0. The van der Waals surface area contributed by atoms with Gasteiger partial charge in [0.05, 0.1) is 44.1 Å². The van der Waals surface area contributed by atoms with Crippen molar-refractivity contribution in [2.45, 2.75) is 11.4 Å². The zero-order valence-electron chi connectivity index (χ0n) is 19.2. The molecule has 12 heteroatoms. The molecule has 3 heterocycles. The van der Waals surface area contributed by atoms with Gasteiger partial charge in [0.15, 0.2) is 4.90 Å². The van der Waals surface area contributed by atoms with E-state index in [1.807, 2.05) is 21.1 Å². The van der Waals surface area contributed by atoms with Gasteiger partial charge in [0.25, 0.3) is 10.0 Å². The third-order valence-corrected chi connectivity index (χ3v) is 7.12. The van der Waals surface area contributed by atoms with Crippen LogP contribution in [-0.4, -0.2) is 62.0 Å². The first-order chi connectivity index (χ1) is 16.8. The van der Waals surface area contributed by atoms with E-state index in [2.05, 4.69) is 37.6 Å². The molecular formula is C23H25FIN5O4S. The predicted octanol–water partition coefficient (Wildman–Crippen LogP) is 3.71. The zero-order valence-corrected chi connectivity index (χ0v) is 22.2. The minimum Gasteiger partial charge on any atom is -0.480 e. The van der Waals surface area contributed by atoms with Gasteiger partial charge in [0.1, 0.15) is 5.82 Å². The van der Waals surface area contributed by atoms with Crippen LogP contribution in [0.4, 0.5) is 15.8 Å². The van der Waals surface area contributed by atoms with Crippen LogP contribution in [0.2, 0.25) is 0 Å². The van der Waals surface area contributed by atoms with E-state index in [4.69, 9.17) is 9.47 Å². The molecule has 0 bridgehead atoms. The smallest absolute Gasteiger partial charge is 0.267 e. The molecule has 186 valence electrons. The van der Waals surface area contributed by atoms with Crippen LogP contribution in [0.25, 0.3) is 11.1 Å². The highest BCUT2D eigenvalue weighted by Crippen LogP contribution is 2.30. The van der Waals surface area contributed by atoms with Crippen LogP contribution in [-0.2, 0) is 21.3 Å². The molecule has 1 fully saturated rings. The van der Waals surface area contributed by atoms with E-state index in [0.29, 0.717) is 49.7 Å². The lowest BCUT2D eigenvalue weighted by atomic mass is 10.0. The highest BCUT2D eigenvalue weighted by atomic mass is 127. The molecule has 0 spiro atoms. The molecule has 1 aromatic carbocycles. The molecule has 9 nitrogen and oxygen atoms in total. The topological polar surface area (TPSA) is 96.9 Å². The Hall–Kier alpha value is -2.55. The number of hydrogen-bond donors (Lipinski definition) is 1. The summed E-state index contributed by atoms with van der Waals surface area (Å²) in [7, 11) is -0.825. The number of nitrogens with zero attached hydrogens (tertiary/aromatic N) is 4. The lowest BCUT2D eigenvalue weighted by Gasteiger charge is -2.29. The van der Waals surface area contributed by atoms with Gasteiger partial charge < -0.3 is 14.4 Å². The molecule has 35 heavy (non-hydrogen) atoms. The Morgan fingerprint density at radius 2 is 1.97 bits per heavy atom. The summed E-state index contributed by atoms with van der Waals surface area (Å²) in [5.41, 5.74) is 2.45. The number of ether oxygens (including phenoxy) is 2. The van der Waals surface area contributed by atoms with E-state index in [-0.39, 0.29) is 16.5 Å². The van der Waals surface area contributed by atoms with Crippen molar-refractivity contribution in [2.75, 3.05) is 50.1 Å². The van der Waals surface area contributed by atoms with Crippen molar-refractivity contribution in [3.05, 3.63) is 60.3 Å². The molecular weight excluding hydrogens is 588 g/mol. The van der Waals surface area contributed by atoms with E-state index in [9.17, 15) is 12.8 Å². The average molecular weight is 613 g/mol. The Balaban J connectivity index is 1.62. The molecule has 0 aliphatic carbocycles. The predicted molar refractivity (Wildman–Crippen MR) is 140 cm³/mol. The number of methoxy groups -OCH3 is 1. The van der Waals surface area contributed by atoms with Gasteiger partial charge in [0, 0.05) is 59.8 Å². The van der Waals surface area contributed by atoms with Crippen molar-refractivity contribution < 1.29 is 22.3 Å². The Kier molecular flexibility index (Phi) is 8.04. The first kappa shape index (κ1) is 25.5. The first-order valence-electron chi connectivity index (χ1n) is 10.8. The molecule has 2 aromatic heterocycles. The van der Waals surface area contributed by atoms with Gasteiger partial charge in [-0.1, -0.05) is 12.1 Å². The molecule has 4 rings (SSSR count). The summed E-state index contributed by atoms with van der Waals surface area (Å²) in [5.74, 6) is -0.438. The standard InChI is InChI=1S/C23H25FIN5O4S/c1-29(25)15-16-3-4-20(21(24)9-16)17-10-18(13-26-12-17)28-35(31,32)22-11-19(14-27-23(22)33-2)30-5-7-34-8-6-30/h3-4,9-14,28H,5-8,15H2,1-2H3. The zero-order chi connectivity index (χ0) is 25.0. The monoisotopic (exact) mass is 613 g/mol. The normalized spacial score (nSPS) is 14.3. The molecule has 1 N–H and O–H groups in total. The van der Waals surface area contributed by atoms with Crippen molar-refractivity contribution in [1.29, 1.82) is 0 Å². The van der Waals surface area contributed by atoms with Crippen molar-refractivity contribution in [3.63, 3.8) is 0 Å². The first-order valence-corrected chi connectivity index (χ1v) is 13.2. The molecule has 3 aromatic rings. The van der Waals surface area contributed by atoms with Gasteiger partial charge in [0.2, 0.25) is 5.88 Å². The maximum absolute atomic E-state index is 14.8. The number of rotatable bonds is 8. The highest BCUT2D eigenvalue weighted by Gasteiger charge is 2.24. The summed E-state index contributed by atoms with van der Waals surface area (Å²) < 4.78 is 56.4. The molecule has 0 amide bonds. The number of nitrogens with one attached hydrogen (secondary N) is 1. The van der Waals surface area contributed by atoms with Crippen LogP contribution in [0.5, 0.6) is 5.88 Å². The van der Waals surface area contributed by atoms with Crippen LogP contribution in [0.3, 0.4) is 0 Å². The quantitative estimate of drug-likeness (QED) is 0.304. The van der Waals surface area contributed by atoms with Crippen LogP contribution in [0.1, 0.15) is 5.56 Å². The van der Waals surface area contributed by atoms with E-state index in [0.717, 1.165) is 5.56 Å². The molecule has 0 radical (unpaired) electrons. The Labute approximate surface area is 217 Å². The fraction of sp³-hybridized carbons (Fsp3) is 0.304. The van der Waals surface area contributed by atoms with Gasteiger partial charge >= 0.3 is 0 Å². The number of halogens is 2. The summed E-state index contributed by atoms with van der Waals surface area (Å²) in [6, 6.07) is 8.03. The number of aromatic nitrogens is 2. The number of morpholine rings is 1. The molecule has 1 aliphatic rings. The minimum atomic E-state index is -4.08. The number of benzene rings is 1. The van der Waals surface area contributed by atoms with Crippen molar-refractivity contribution >= 4 is 44.3 Å². The maximum Gasteiger partial charge on any atom is 0.267 e. The Bertz CT molecular complexity index is 1300. The largest absolute Gasteiger partial charge is 0.480 e.